The fraction of sp³-hybridized carbons (Fsp3) is 0.875. The van der Waals surface area contributed by atoms with Gasteiger partial charge in [0.1, 0.15) is 0 Å². The van der Waals surface area contributed by atoms with Crippen molar-refractivity contribution in [3.8, 4) is 0 Å². The van der Waals surface area contributed by atoms with E-state index < -0.39 is 0 Å². The quantitative estimate of drug-likeness (QED) is 0.0632. The molecule has 0 aromatic heterocycles. The fourth-order valence-corrected chi connectivity index (χ4v) is 4.14. The van der Waals surface area contributed by atoms with Crippen molar-refractivity contribution in [1.82, 2.24) is 0 Å². The summed E-state index contributed by atoms with van der Waals surface area (Å²) < 4.78 is 12.3. The number of unbranched alkanes of at least 4 members (excludes halogenated alkanes) is 16. The van der Waals surface area contributed by atoms with Crippen LogP contribution in [-0.4, -0.2) is 19.5 Å². The van der Waals surface area contributed by atoms with Crippen molar-refractivity contribution >= 4 is 0 Å². The molecule has 0 amide bonds. The molecular formula is C32H62O2. The molecule has 0 N–H and O–H groups in total. The molecule has 0 aliphatic carbocycles. The Hall–Kier alpha value is -0.600. The van der Waals surface area contributed by atoms with Crippen LogP contribution in [0.25, 0.3) is 0 Å². The van der Waals surface area contributed by atoms with Crippen LogP contribution in [0.1, 0.15) is 162 Å². The molecule has 0 heterocycles. The van der Waals surface area contributed by atoms with Gasteiger partial charge in [-0.15, -0.1) is 0 Å². The monoisotopic (exact) mass is 478 g/mol. The van der Waals surface area contributed by atoms with Gasteiger partial charge >= 0.3 is 0 Å². The Balaban J connectivity index is 3.88. The first kappa shape index (κ1) is 33.4. The number of hydrogen-bond donors (Lipinski definition) is 0. The number of rotatable bonds is 28. The third-order valence-corrected chi connectivity index (χ3v) is 6.47. The molecule has 0 aromatic rings. The maximum atomic E-state index is 6.16. The predicted molar refractivity (Wildman–Crippen MR) is 153 cm³/mol. The molecule has 0 spiro atoms. The van der Waals surface area contributed by atoms with Gasteiger partial charge in [0.05, 0.1) is 0 Å². The van der Waals surface area contributed by atoms with Gasteiger partial charge in [-0.1, -0.05) is 129 Å². The molecule has 0 saturated carbocycles. The summed E-state index contributed by atoms with van der Waals surface area (Å²) in [5.41, 5.74) is 0. The van der Waals surface area contributed by atoms with E-state index in [4.69, 9.17) is 9.47 Å². The summed E-state index contributed by atoms with van der Waals surface area (Å²) in [6.07, 6.45) is 37.5. The van der Waals surface area contributed by atoms with Gasteiger partial charge in [-0.2, -0.15) is 0 Å². The number of allylic oxidation sites excluding steroid dienone is 4. The van der Waals surface area contributed by atoms with Crippen molar-refractivity contribution in [2.24, 2.45) is 0 Å². The molecular weight excluding hydrogens is 416 g/mol. The summed E-state index contributed by atoms with van der Waals surface area (Å²) in [6, 6.07) is 0. The second-order valence-corrected chi connectivity index (χ2v) is 10.0. The maximum Gasteiger partial charge on any atom is 0.157 e. The summed E-state index contributed by atoms with van der Waals surface area (Å²) in [5, 5.41) is 0. The number of ether oxygens (including phenoxy) is 2. The Morgan fingerprint density at radius 3 is 1.35 bits per heavy atom. The predicted octanol–water partition coefficient (Wildman–Crippen LogP) is 11.1. The Morgan fingerprint density at radius 2 is 0.824 bits per heavy atom. The van der Waals surface area contributed by atoms with Crippen molar-refractivity contribution in [1.29, 1.82) is 0 Å². The molecule has 0 aromatic carbocycles. The van der Waals surface area contributed by atoms with E-state index in [9.17, 15) is 0 Å². The van der Waals surface area contributed by atoms with Gasteiger partial charge in [0, 0.05) is 13.2 Å². The van der Waals surface area contributed by atoms with Gasteiger partial charge in [-0.3, -0.25) is 0 Å². The van der Waals surface area contributed by atoms with Crippen LogP contribution in [0.15, 0.2) is 24.3 Å². The van der Waals surface area contributed by atoms with E-state index >= 15 is 0 Å². The molecule has 2 nitrogen and oxygen atoms in total. The van der Waals surface area contributed by atoms with Gasteiger partial charge in [0.15, 0.2) is 6.29 Å². The lowest BCUT2D eigenvalue weighted by Crippen LogP contribution is -2.19. The van der Waals surface area contributed by atoms with Gasteiger partial charge in [0.25, 0.3) is 0 Å². The van der Waals surface area contributed by atoms with E-state index in [2.05, 4.69) is 45.1 Å². The molecule has 34 heavy (non-hydrogen) atoms. The van der Waals surface area contributed by atoms with E-state index in [0.717, 1.165) is 19.6 Å². The summed E-state index contributed by atoms with van der Waals surface area (Å²) >= 11 is 0. The second kappa shape index (κ2) is 30.4. The highest BCUT2D eigenvalue weighted by Gasteiger charge is 2.09. The Morgan fingerprint density at radius 1 is 0.412 bits per heavy atom. The van der Waals surface area contributed by atoms with Crippen molar-refractivity contribution < 1.29 is 9.47 Å². The zero-order valence-corrected chi connectivity index (χ0v) is 23.7. The lowest BCUT2D eigenvalue weighted by molar-refractivity contribution is -0.148. The van der Waals surface area contributed by atoms with E-state index in [-0.39, 0.29) is 6.29 Å². The Labute approximate surface area is 215 Å². The Kier molecular flexibility index (Phi) is 29.9. The summed E-state index contributed by atoms with van der Waals surface area (Å²) in [7, 11) is 0. The average Bonchev–Trinajstić information content (AvgIpc) is 2.85. The highest BCUT2D eigenvalue weighted by atomic mass is 16.7. The standard InChI is InChI=1S/C32H62O2/c1-4-7-10-13-16-17-18-19-20-21-22-23-26-29-32(33-30-27-24-14-11-8-5-2)34-31-28-25-15-12-9-6-3/h13,16,19-20,32H,4-12,14-15,17-18,21-31H2,1-3H3/b16-13-,20-19-. The summed E-state index contributed by atoms with van der Waals surface area (Å²) in [6.45, 7) is 8.54. The van der Waals surface area contributed by atoms with Crippen molar-refractivity contribution in [3.05, 3.63) is 24.3 Å². The van der Waals surface area contributed by atoms with E-state index in [1.807, 2.05) is 0 Å². The minimum Gasteiger partial charge on any atom is -0.353 e. The third-order valence-electron chi connectivity index (χ3n) is 6.47. The summed E-state index contributed by atoms with van der Waals surface area (Å²) in [4.78, 5) is 0. The Bertz CT molecular complexity index is 397. The van der Waals surface area contributed by atoms with Crippen molar-refractivity contribution in [2.75, 3.05) is 13.2 Å². The molecule has 202 valence electrons. The number of hydrogen-bond acceptors (Lipinski definition) is 2. The van der Waals surface area contributed by atoms with Crippen LogP contribution >= 0.6 is 0 Å². The summed E-state index contributed by atoms with van der Waals surface area (Å²) in [5.74, 6) is 0. The third kappa shape index (κ3) is 27.6. The molecule has 0 bridgehead atoms. The van der Waals surface area contributed by atoms with Gasteiger partial charge in [0.2, 0.25) is 0 Å². The molecule has 0 radical (unpaired) electrons. The van der Waals surface area contributed by atoms with Crippen LogP contribution in [0.4, 0.5) is 0 Å². The first-order valence-corrected chi connectivity index (χ1v) is 15.4. The first-order valence-electron chi connectivity index (χ1n) is 15.4. The molecule has 2 heteroatoms. The molecule has 0 rings (SSSR count). The smallest absolute Gasteiger partial charge is 0.157 e. The van der Waals surface area contributed by atoms with Crippen molar-refractivity contribution in [2.45, 2.75) is 168 Å². The highest BCUT2D eigenvalue weighted by Crippen LogP contribution is 2.14. The van der Waals surface area contributed by atoms with Crippen molar-refractivity contribution in [3.63, 3.8) is 0 Å². The van der Waals surface area contributed by atoms with Gasteiger partial charge in [-0.05, 0) is 57.8 Å². The van der Waals surface area contributed by atoms with E-state index in [1.54, 1.807) is 0 Å². The molecule has 0 atom stereocenters. The van der Waals surface area contributed by atoms with Crippen LogP contribution in [-0.2, 0) is 9.47 Å². The highest BCUT2D eigenvalue weighted by molar-refractivity contribution is 4.88. The van der Waals surface area contributed by atoms with Crippen LogP contribution in [0, 0.1) is 0 Å². The zero-order valence-electron chi connectivity index (χ0n) is 23.7. The van der Waals surface area contributed by atoms with Crippen LogP contribution in [0.3, 0.4) is 0 Å². The molecule has 0 fully saturated rings. The second-order valence-electron chi connectivity index (χ2n) is 10.0. The maximum absolute atomic E-state index is 6.16. The van der Waals surface area contributed by atoms with Crippen LogP contribution < -0.4 is 0 Å². The lowest BCUT2D eigenvalue weighted by atomic mass is 10.1. The topological polar surface area (TPSA) is 18.5 Å². The largest absolute Gasteiger partial charge is 0.353 e. The van der Waals surface area contributed by atoms with Crippen LogP contribution in [0.2, 0.25) is 0 Å². The molecule has 0 aliphatic heterocycles. The van der Waals surface area contributed by atoms with E-state index in [0.29, 0.717) is 0 Å². The minimum atomic E-state index is 0.0151. The minimum absolute atomic E-state index is 0.0151. The first-order chi connectivity index (χ1) is 16.8. The molecule has 0 aliphatic rings. The lowest BCUT2D eigenvalue weighted by Gasteiger charge is -2.19. The van der Waals surface area contributed by atoms with Gasteiger partial charge in [-0.25, -0.2) is 0 Å². The van der Waals surface area contributed by atoms with E-state index in [1.165, 1.54) is 135 Å². The normalized spacial score (nSPS) is 12.1. The SMILES string of the molecule is CCCC/C=C\CC/C=C\CCCCCC(OCCCCCCCC)OCCCCCCCC. The molecule has 0 saturated heterocycles. The van der Waals surface area contributed by atoms with Gasteiger partial charge < -0.3 is 9.47 Å². The average molecular weight is 479 g/mol. The van der Waals surface area contributed by atoms with Crippen LogP contribution in [0.5, 0.6) is 0 Å². The zero-order chi connectivity index (χ0) is 24.8. The fourth-order valence-electron chi connectivity index (χ4n) is 4.14. The molecule has 0 unspecified atom stereocenters.